The molecule has 1 amide bonds. The van der Waals surface area contributed by atoms with Crippen LogP contribution in [0.4, 0.5) is 0 Å². The second kappa shape index (κ2) is 9.18. The molecule has 0 aromatic heterocycles. The van der Waals surface area contributed by atoms with Gasteiger partial charge in [-0.3, -0.25) is 4.79 Å². The summed E-state index contributed by atoms with van der Waals surface area (Å²) >= 11 is 0. The molecule has 0 unspecified atom stereocenters. The summed E-state index contributed by atoms with van der Waals surface area (Å²) < 4.78 is 0. The summed E-state index contributed by atoms with van der Waals surface area (Å²) in [6.45, 7) is 5.61. The maximum absolute atomic E-state index is 13.1. The van der Waals surface area contributed by atoms with E-state index in [1.54, 1.807) is 0 Å². The standard InChI is InChI=1S/C25H27NO/c1-20(2)24-15-13-21(14-16-24)17-25(27)26(18-22-9-5-3-6-10-22)19-23-11-7-4-8-12-23/h3-16,20H,17-19H2,1-2H3. The van der Waals surface area contributed by atoms with E-state index in [-0.39, 0.29) is 5.91 Å². The Morgan fingerprint density at radius 3 is 1.63 bits per heavy atom. The van der Waals surface area contributed by atoms with Gasteiger partial charge in [0.25, 0.3) is 0 Å². The molecule has 3 rings (SSSR count). The quantitative estimate of drug-likeness (QED) is 0.540. The van der Waals surface area contributed by atoms with Crippen LogP contribution in [-0.2, 0) is 24.3 Å². The predicted octanol–water partition coefficient (Wildman–Crippen LogP) is 5.58. The Labute approximate surface area is 162 Å². The lowest BCUT2D eigenvalue weighted by atomic mass is 10.0. The van der Waals surface area contributed by atoms with Crippen molar-refractivity contribution in [1.82, 2.24) is 4.90 Å². The van der Waals surface area contributed by atoms with Gasteiger partial charge in [-0.2, -0.15) is 0 Å². The molecule has 138 valence electrons. The third-order valence-corrected chi connectivity index (χ3v) is 4.79. The molecule has 0 saturated heterocycles. The number of amides is 1. The molecule has 0 heterocycles. The molecule has 3 aromatic rings. The van der Waals surface area contributed by atoms with E-state index in [0.29, 0.717) is 25.4 Å². The summed E-state index contributed by atoms with van der Waals surface area (Å²) in [5.74, 6) is 0.655. The lowest BCUT2D eigenvalue weighted by Crippen LogP contribution is -2.31. The summed E-state index contributed by atoms with van der Waals surface area (Å²) in [6.07, 6.45) is 0.429. The van der Waals surface area contributed by atoms with E-state index in [1.165, 1.54) is 5.56 Å². The van der Waals surface area contributed by atoms with Gasteiger partial charge in [0.1, 0.15) is 0 Å². The minimum Gasteiger partial charge on any atom is -0.334 e. The van der Waals surface area contributed by atoms with Crippen LogP contribution in [-0.4, -0.2) is 10.8 Å². The number of nitrogens with zero attached hydrogens (tertiary/aromatic N) is 1. The van der Waals surface area contributed by atoms with E-state index in [1.807, 2.05) is 41.3 Å². The van der Waals surface area contributed by atoms with Crippen molar-refractivity contribution >= 4 is 5.91 Å². The maximum atomic E-state index is 13.1. The van der Waals surface area contributed by atoms with E-state index in [4.69, 9.17) is 0 Å². The number of hydrogen-bond donors (Lipinski definition) is 0. The molecule has 0 saturated carbocycles. The molecule has 0 N–H and O–H groups in total. The zero-order chi connectivity index (χ0) is 19.1. The monoisotopic (exact) mass is 357 g/mol. The van der Waals surface area contributed by atoms with Gasteiger partial charge in [-0.05, 0) is 28.2 Å². The Balaban J connectivity index is 1.75. The minimum absolute atomic E-state index is 0.153. The van der Waals surface area contributed by atoms with Crippen LogP contribution in [0, 0.1) is 0 Å². The molecule has 0 aliphatic heterocycles. The highest BCUT2D eigenvalue weighted by atomic mass is 16.2. The molecule has 3 aromatic carbocycles. The maximum Gasteiger partial charge on any atom is 0.227 e. The molecular weight excluding hydrogens is 330 g/mol. The summed E-state index contributed by atoms with van der Waals surface area (Å²) in [6, 6.07) is 28.8. The Bertz CT molecular complexity index is 797. The number of hydrogen-bond acceptors (Lipinski definition) is 1. The van der Waals surface area contributed by atoms with E-state index in [9.17, 15) is 4.79 Å². The van der Waals surface area contributed by atoms with Crippen LogP contribution in [0.3, 0.4) is 0 Å². The fraction of sp³-hybridized carbons (Fsp3) is 0.240. The molecule has 0 aliphatic rings. The van der Waals surface area contributed by atoms with Crippen LogP contribution < -0.4 is 0 Å². The molecule has 0 radical (unpaired) electrons. The predicted molar refractivity (Wildman–Crippen MR) is 111 cm³/mol. The molecule has 0 fully saturated rings. The van der Waals surface area contributed by atoms with Gasteiger partial charge in [0.05, 0.1) is 6.42 Å². The van der Waals surface area contributed by atoms with Gasteiger partial charge in [0.2, 0.25) is 5.91 Å². The number of benzene rings is 3. The SMILES string of the molecule is CC(C)c1ccc(CC(=O)N(Cc2ccccc2)Cc2ccccc2)cc1. The summed E-state index contributed by atoms with van der Waals surface area (Å²) in [7, 11) is 0. The van der Waals surface area contributed by atoms with E-state index in [0.717, 1.165) is 16.7 Å². The fourth-order valence-corrected chi connectivity index (χ4v) is 3.15. The molecule has 0 aliphatic carbocycles. The van der Waals surface area contributed by atoms with Crippen molar-refractivity contribution in [1.29, 1.82) is 0 Å². The van der Waals surface area contributed by atoms with Crippen LogP contribution in [0.1, 0.15) is 42.0 Å². The number of rotatable bonds is 7. The van der Waals surface area contributed by atoms with Crippen LogP contribution in [0.2, 0.25) is 0 Å². The molecule has 27 heavy (non-hydrogen) atoms. The van der Waals surface area contributed by atoms with Crippen molar-refractivity contribution in [3.05, 3.63) is 107 Å². The second-order valence-electron chi connectivity index (χ2n) is 7.29. The Morgan fingerprint density at radius 2 is 1.19 bits per heavy atom. The first kappa shape index (κ1) is 18.9. The highest BCUT2D eigenvalue weighted by molar-refractivity contribution is 5.78. The van der Waals surface area contributed by atoms with Crippen molar-refractivity contribution in [2.75, 3.05) is 0 Å². The third-order valence-electron chi connectivity index (χ3n) is 4.79. The first-order valence-corrected chi connectivity index (χ1v) is 9.56. The second-order valence-corrected chi connectivity index (χ2v) is 7.29. The van der Waals surface area contributed by atoms with Gasteiger partial charge in [-0.1, -0.05) is 98.8 Å². The number of carbonyl (C=O) groups excluding carboxylic acids is 1. The van der Waals surface area contributed by atoms with Crippen molar-refractivity contribution in [3.63, 3.8) is 0 Å². The molecule has 0 atom stereocenters. The summed E-state index contributed by atoms with van der Waals surface area (Å²) in [5, 5.41) is 0. The van der Waals surface area contributed by atoms with Crippen LogP contribution in [0.5, 0.6) is 0 Å². The van der Waals surface area contributed by atoms with Crippen molar-refractivity contribution in [2.24, 2.45) is 0 Å². The van der Waals surface area contributed by atoms with Gasteiger partial charge in [0.15, 0.2) is 0 Å². The third kappa shape index (κ3) is 5.55. The average Bonchev–Trinajstić information content (AvgIpc) is 2.69. The minimum atomic E-state index is 0.153. The van der Waals surface area contributed by atoms with E-state index >= 15 is 0 Å². The van der Waals surface area contributed by atoms with Crippen LogP contribution in [0.25, 0.3) is 0 Å². The van der Waals surface area contributed by atoms with Crippen LogP contribution in [0.15, 0.2) is 84.9 Å². The number of carbonyl (C=O) groups is 1. The molecule has 2 nitrogen and oxygen atoms in total. The zero-order valence-corrected chi connectivity index (χ0v) is 16.1. The van der Waals surface area contributed by atoms with Crippen molar-refractivity contribution in [3.8, 4) is 0 Å². The van der Waals surface area contributed by atoms with Gasteiger partial charge in [-0.25, -0.2) is 0 Å². The lowest BCUT2D eigenvalue weighted by Gasteiger charge is -2.23. The highest BCUT2D eigenvalue weighted by Gasteiger charge is 2.15. The zero-order valence-electron chi connectivity index (χ0n) is 16.1. The highest BCUT2D eigenvalue weighted by Crippen LogP contribution is 2.17. The van der Waals surface area contributed by atoms with Gasteiger partial charge >= 0.3 is 0 Å². The fourth-order valence-electron chi connectivity index (χ4n) is 3.15. The average molecular weight is 357 g/mol. The van der Waals surface area contributed by atoms with Gasteiger partial charge in [0, 0.05) is 13.1 Å². The Kier molecular flexibility index (Phi) is 6.43. The van der Waals surface area contributed by atoms with Crippen molar-refractivity contribution in [2.45, 2.75) is 39.3 Å². The van der Waals surface area contributed by atoms with E-state index in [2.05, 4.69) is 62.4 Å². The summed E-state index contributed by atoms with van der Waals surface area (Å²) in [4.78, 5) is 15.0. The Morgan fingerprint density at radius 1 is 0.704 bits per heavy atom. The first-order valence-electron chi connectivity index (χ1n) is 9.56. The first-order chi connectivity index (χ1) is 13.1. The summed E-state index contributed by atoms with van der Waals surface area (Å²) in [5.41, 5.74) is 4.67. The lowest BCUT2D eigenvalue weighted by molar-refractivity contribution is -0.131. The molecular formula is C25H27NO. The van der Waals surface area contributed by atoms with Crippen molar-refractivity contribution < 1.29 is 4.79 Å². The van der Waals surface area contributed by atoms with Gasteiger partial charge < -0.3 is 4.90 Å². The van der Waals surface area contributed by atoms with Crippen LogP contribution >= 0.6 is 0 Å². The van der Waals surface area contributed by atoms with E-state index < -0.39 is 0 Å². The molecule has 0 spiro atoms. The topological polar surface area (TPSA) is 20.3 Å². The molecule has 0 bridgehead atoms. The Hall–Kier alpha value is -2.87. The molecule has 2 heteroatoms. The largest absolute Gasteiger partial charge is 0.334 e. The van der Waals surface area contributed by atoms with Gasteiger partial charge in [-0.15, -0.1) is 0 Å². The normalized spacial score (nSPS) is 10.8. The smallest absolute Gasteiger partial charge is 0.227 e.